The van der Waals surface area contributed by atoms with Crippen molar-refractivity contribution in [3.63, 3.8) is 0 Å². The summed E-state index contributed by atoms with van der Waals surface area (Å²) in [6, 6.07) is 13.9. The third-order valence-corrected chi connectivity index (χ3v) is 5.53. The maximum atomic E-state index is 11.9. The molecule has 0 amide bonds. The molecule has 2 atom stereocenters. The number of hydrogen-bond acceptors (Lipinski definition) is 5. The first-order valence-corrected chi connectivity index (χ1v) is 11.0. The molecule has 27 heavy (non-hydrogen) atoms. The average Bonchev–Trinajstić information content (AvgIpc) is 2.66. The average molecular weight is 435 g/mol. The van der Waals surface area contributed by atoms with Crippen LogP contribution in [0.4, 0.5) is 0 Å². The number of benzene rings is 2. The molecule has 8 heteroatoms. The second-order valence-electron chi connectivity index (χ2n) is 5.64. The smallest absolute Gasteiger partial charge is 0.768 e. The van der Waals surface area contributed by atoms with E-state index in [2.05, 4.69) is 0 Å². The van der Waals surface area contributed by atoms with Crippen LogP contribution in [0, 0.1) is 0 Å². The van der Waals surface area contributed by atoms with E-state index in [0.29, 0.717) is 18.6 Å². The van der Waals surface area contributed by atoms with E-state index in [9.17, 15) is 13.6 Å². The van der Waals surface area contributed by atoms with Crippen molar-refractivity contribution in [1.29, 1.82) is 0 Å². The Labute approximate surface area is 194 Å². The number of rotatable bonds is 9. The van der Waals surface area contributed by atoms with Crippen molar-refractivity contribution in [3.05, 3.63) is 65.2 Å². The monoisotopic (exact) mass is 434 g/mol. The van der Waals surface area contributed by atoms with Crippen LogP contribution >= 0.6 is 23.4 Å². The predicted octanol–water partition coefficient (Wildman–Crippen LogP) is 1.36. The summed E-state index contributed by atoms with van der Waals surface area (Å²) in [6.07, 6.45) is 3.43. The fourth-order valence-corrected chi connectivity index (χ4v) is 3.22. The molecule has 0 radical (unpaired) electrons. The SMILES string of the molecule is CSCCOC(=O)c1ccc(CCC(Cl)c2ccc(S(=O)[O-])cc2)cc1.[Na+]. The Balaban J connectivity index is 0.00000364. The van der Waals surface area contributed by atoms with Crippen molar-refractivity contribution in [2.75, 3.05) is 18.6 Å². The first-order valence-electron chi connectivity index (χ1n) is 8.09. The number of hydrogen-bond donors (Lipinski definition) is 0. The van der Waals surface area contributed by atoms with Gasteiger partial charge in [0.2, 0.25) is 0 Å². The molecule has 0 fully saturated rings. The van der Waals surface area contributed by atoms with Gasteiger partial charge in [-0.2, -0.15) is 11.8 Å². The number of alkyl halides is 1. The quantitative estimate of drug-likeness (QED) is 0.196. The van der Waals surface area contributed by atoms with Crippen LogP contribution in [0.3, 0.4) is 0 Å². The fourth-order valence-electron chi connectivity index (χ4n) is 2.36. The van der Waals surface area contributed by atoms with Crippen LogP contribution in [0.25, 0.3) is 0 Å². The molecule has 0 bridgehead atoms. The van der Waals surface area contributed by atoms with Gasteiger partial charge in [-0.05, 0) is 65.6 Å². The Morgan fingerprint density at radius 1 is 1.19 bits per heavy atom. The summed E-state index contributed by atoms with van der Waals surface area (Å²) in [4.78, 5) is 12.1. The molecule has 2 aromatic rings. The van der Waals surface area contributed by atoms with Gasteiger partial charge in [0, 0.05) is 10.6 Å². The molecule has 0 saturated heterocycles. The summed E-state index contributed by atoms with van der Waals surface area (Å²) in [6.45, 7) is 0.411. The van der Waals surface area contributed by atoms with Crippen LogP contribution in [0.15, 0.2) is 53.4 Å². The van der Waals surface area contributed by atoms with Gasteiger partial charge in [0.15, 0.2) is 0 Å². The standard InChI is InChI=1S/C19H21ClO4S2.Na/c1-25-13-12-24-19(21)16-5-2-14(3-6-16)4-11-18(20)15-7-9-17(10-8-15)26(22)23;/h2-3,5-10,18H,4,11-13H2,1H3,(H,22,23);/q;+1/p-1. The van der Waals surface area contributed by atoms with E-state index in [0.717, 1.165) is 23.3 Å². The molecular formula is C19H20ClNaO4S2. The molecule has 2 aromatic carbocycles. The molecule has 2 unspecified atom stereocenters. The largest absolute Gasteiger partial charge is 1.00 e. The summed E-state index contributed by atoms with van der Waals surface area (Å²) in [5, 5.41) is -0.208. The number of esters is 1. The first-order chi connectivity index (χ1) is 12.5. The van der Waals surface area contributed by atoms with Gasteiger partial charge < -0.3 is 9.29 Å². The normalized spacial score (nSPS) is 12.7. The van der Waals surface area contributed by atoms with Crippen molar-refractivity contribution in [2.24, 2.45) is 0 Å². The van der Waals surface area contributed by atoms with Crippen molar-refractivity contribution in [3.8, 4) is 0 Å². The van der Waals surface area contributed by atoms with Crippen molar-refractivity contribution in [1.82, 2.24) is 0 Å². The fraction of sp³-hybridized carbons (Fsp3) is 0.316. The van der Waals surface area contributed by atoms with Gasteiger partial charge in [-0.3, -0.25) is 4.21 Å². The second-order valence-corrected chi connectivity index (χ2v) is 8.09. The number of carbonyl (C=O) groups is 1. The zero-order valence-corrected chi connectivity index (χ0v) is 19.7. The molecular weight excluding hydrogens is 415 g/mol. The van der Waals surface area contributed by atoms with E-state index in [-0.39, 0.29) is 45.8 Å². The first kappa shape index (κ1) is 24.7. The van der Waals surface area contributed by atoms with Crippen LogP contribution in [0.5, 0.6) is 0 Å². The minimum absolute atomic E-state index is 0. The number of aryl methyl sites for hydroxylation is 1. The van der Waals surface area contributed by atoms with E-state index in [1.165, 1.54) is 0 Å². The second kappa shape index (κ2) is 13.0. The Hall–Kier alpha value is -0.340. The molecule has 0 N–H and O–H groups in total. The van der Waals surface area contributed by atoms with Crippen LogP contribution < -0.4 is 29.6 Å². The van der Waals surface area contributed by atoms with Crippen LogP contribution in [0.1, 0.15) is 33.3 Å². The Morgan fingerprint density at radius 2 is 1.81 bits per heavy atom. The molecule has 0 aliphatic rings. The van der Waals surface area contributed by atoms with E-state index in [4.69, 9.17) is 16.3 Å². The van der Waals surface area contributed by atoms with Gasteiger partial charge in [0.1, 0.15) is 6.61 Å². The van der Waals surface area contributed by atoms with Crippen LogP contribution in [0.2, 0.25) is 0 Å². The molecule has 4 nitrogen and oxygen atoms in total. The minimum Gasteiger partial charge on any atom is -0.768 e. The molecule has 2 rings (SSSR count). The van der Waals surface area contributed by atoms with Crippen LogP contribution in [-0.4, -0.2) is 33.3 Å². The number of thioether (sulfide) groups is 1. The zero-order chi connectivity index (χ0) is 18.9. The minimum atomic E-state index is -2.23. The summed E-state index contributed by atoms with van der Waals surface area (Å²) in [5.41, 5.74) is 2.50. The molecule has 0 aromatic heterocycles. The van der Waals surface area contributed by atoms with Gasteiger partial charge in [-0.1, -0.05) is 24.3 Å². The van der Waals surface area contributed by atoms with E-state index >= 15 is 0 Å². The van der Waals surface area contributed by atoms with Crippen molar-refractivity contribution < 1.29 is 47.9 Å². The maximum Gasteiger partial charge on any atom is 1.00 e. The predicted molar refractivity (Wildman–Crippen MR) is 106 cm³/mol. The van der Waals surface area contributed by atoms with Crippen LogP contribution in [-0.2, 0) is 22.2 Å². The van der Waals surface area contributed by atoms with Gasteiger partial charge in [-0.25, -0.2) is 4.79 Å². The summed E-state index contributed by atoms with van der Waals surface area (Å²) < 4.78 is 26.9. The topological polar surface area (TPSA) is 66.4 Å². The number of carbonyl (C=O) groups excluding carboxylic acids is 1. The molecule has 0 spiro atoms. The number of halogens is 1. The van der Waals surface area contributed by atoms with E-state index in [1.54, 1.807) is 48.2 Å². The Kier molecular flexibility index (Phi) is 11.9. The van der Waals surface area contributed by atoms with Gasteiger partial charge >= 0.3 is 35.5 Å². The van der Waals surface area contributed by atoms with Gasteiger partial charge in [-0.15, -0.1) is 11.6 Å². The maximum absolute atomic E-state index is 11.9. The Morgan fingerprint density at radius 3 is 2.37 bits per heavy atom. The van der Waals surface area contributed by atoms with Gasteiger partial charge in [0.05, 0.1) is 10.9 Å². The van der Waals surface area contributed by atoms with Crippen molar-refractivity contribution in [2.45, 2.75) is 23.1 Å². The molecule has 0 aliphatic carbocycles. The summed E-state index contributed by atoms with van der Waals surface area (Å²) >= 11 is 5.82. The summed E-state index contributed by atoms with van der Waals surface area (Å²) in [5.74, 6) is 0.476. The molecule has 0 saturated carbocycles. The van der Waals surface area contributed by atoms with E-state index < -0.39 is 11.1 Å². The zero-order valence-electron chi connectivity index (χ0n) is 15.4. The number of ether oxygens (including phenoxy) is 1. The summed E-state index contributed by atoms with van der Waals surface area (Å²) in [7, 11) is 0. The molecule has 0 heterocycles. The molecule has 0 aliphatic heterocycles. The van der Waals surface area contributed by atoms with E-state index in [1.807, 2.05) is 18.4 Å². The molecule has 140 valence electrons. The van der Waals surface area contributed by atoms with Gasteiger partial charge in [0.25, 0.3) is 0 Å². The third kappa shape index (κ3) is 8.28. The van der Waals surface area contributed by atoms with Crippen molar-refractivity contribution >= 4 is 40.4 Å². The Bertz CT molecular complexity index is 738. The third-order valence-electron chi connectivity index (χ3n) is 3.83.